The van der Waals surface area contributed by atoms with E-state index < -0.39 is 0 Å². The number of amidine groups is 1. The van der Waals surface area contributed by atoms with E-state index >= 15 is 0 Å². The van der Waals surface area contributed by atoms with Crippen LogP contribution in [0, 0.1) is 5.41 Å². The standard InChI is InChI=1S/C15H31N3O2/c1-14(2,13(16)17-19)8-5-6-10-18-11-7-9-15(3,12-18)20-4/h19H,5-12H2,1-4H3,(H2,16,17). The van der Waals surface area contributed by atoms with Crippen molar-refractivity contribution in [3.05, 3.63) is 0 Å². The van der Waals surface area contributed by atoms with E-state index in [4.69, 9.17) is 15.7 Å². The zero-order valence-electron chi connectivity index (χ0n) is 13.5. The highest BCUT2D eigenvalue weighted by Crippen LogP contribution is 2.26. The molecule has 1 heterocycles. The third kappa shape index (κ3) is 4.94. The molecule has 20 heavy (non-hydrogen) atoms. The van der Waals surface area contributed by atoms with Gasteiger partial charge in [-0.2, -0.15) is 0 Å². The summed E-state index contributed by atoms with van der Waals surface area (Å²) in [6.07, 6.45) is 5.53. The van der Waals surface area contributed by atoms with Crippen LogP contribution in [0.2, 0.25) is 0 Å². The Morgan fingerprint density at radius 2 is 2.15 bits per heavy atom. The Morgan fingerprint density at radius 1 is 1.45 bits per heavy atom. The van der Waals surface area contributed by atoms with Crippen LogP contribution in [0.4, 0.5) is 0 Å². The van der Waals surface area contributed by atoms with Gasteiger partial charge in [0.15, 0.2) is 0 Å². The predicted molar refractivity (Wildman–Crippen MR) is 82.1 cm³/mol. The van der Waals surface area contributed by atoms with E-state index in [0.717, 1.165) is 38.8 Å². The monoisotopic (exact) mass is 285 g/mol. The van der Waals surface area contributed by atoms with Crippen LogP contribution in [0.5, 0.6) is 0 Å². The molecule has 0 saturated carbocycles. The summed E-state index contributed by atoms with van der Waals surface area (Å²) < 4.78 is 5.61. The average molecular weight is 285 g/mol. The molecule has 0 aromatic rings. The van der Waals surface area contributed by atoms with Gasteiger partial charge in [-0.1, -0.05) is 25.4 Å². The van der Waals surface area contributed by atoms with E-state index in [-0.39, 0.29) is 11.0 Å². The lowest BCUT2D eigenvalue weighted by Crippen LogP contribution is -2.47. The number of nitrogens with two attached hydrogens (primary N) is 1. The van der Waals surface area contributed by atoms with Gasteiger partial charge >= 0.3 is 0 Å². The van der Waals surface area contributed by atoms with E-state index in [9.17, 15) is 0 Å². The van der Waals surface area contributed by atoms with Crippen LogP contribution in [-0.4, -0.2) is 48.3 Å². The second-order valence-electron chi connectivity index (χ2n) is 6.86. The van der Waals surface area contributed by atoms with Crippen molar-refractivity contribution in [2.45, 2.75) is 58.5 Å². The fraction of sp³-hybridized carbons (Fsp3) is 0.933. The first kappa shape index (κ1) is 17.2. The summed E-state index contributed by atoms with van der Waals surface area (Å²) in [5.41, 5.74) is 5.50. The molecule has 0 aromatic carbocycles. The molecule has 0 amide bonds. The number of oxime groups is 1. The molecule has 5 nitrogen and oxygen atoms in total. The third-order valence-electron chi connectivity index (χ3n) is 4.56. The topological polar surface area (TPSA) is 71.1 Å². The maximum Gasteiger partial charge on any atom is 0.144 e. The molecular weight excluding hydrogens is 254 g/mol. The van der Waals surface area contributed by atoms with Gasteiger partial charge in [0.05, 0.1) is 5.60 Å². The van der Waals surface area contributed by atoms with Gasteiger partial charge in [0.25, 0.3) is 0 Å². The first-order valence-corrected chi connectivity index (χ1v) is 7.58. The Labute approximate surface area is 123 Å². The molecule has 0 spiro atoms. The molecule has 3 N–H and O–H groups in total. The Balaban J connectivity index is 2.28. The number of rotatable bonds is 7. The minimum Gasteiger partial charge on any atom is -0.409 e. The summed E-state index contributed by atoms with van der Waals surface area (Å²) in [5, 5.41) is 11.9. The van der Waals surface area contributed by atoms with Gasteiger partial charge in [0.1, 0.15) is 5.84 Å². The predicted octanol–water partition coefficient (Wildman–Crippen LogP) is 2.43. The number of methoxy groups -OCH3 is 1. The smallest absolute Gasteiger partial charge is 0.144 e. The van der Waals surface area contributed by atoms with Crippen LogP contribution in [0.3, 0.4) is 0 Å². The van der Waals surface area contributed by atoms with Crippen molar-refractivity contribution in [1.29, 1.82) is 0 Å². The van der Waals surface area contributed by atoms with Crippen LogP contribution in [0.25, 0.3) is 0 Å². The van der Waals surface area contributed by atoms with E-state index in [1.54, 1.807) is 0 Å². The lowest BCUT2D eigenvalue weighted by molar-refractivity contribution is -0.0509. The van der Waals surface area contributed by atoms with Crippen molar-refractivity contribution in [3.63, 3.8) is 0 Å². The molecule has 118 valence electrons. The second-order valence-corrected chi connectivity index (χ2v) is 6.86. The van der Waals surface area contributed by atoms with Crippen LogP contribution < -0.4 is 5.73 Å². The van der Waals surface area contributed by atoms with Crippen LogP contribution in [0.15, 0.2) is 5.16 Å². The first-order chi connectivity index (χ1) is 9.33. The Hall–Kier alpha value is -0.810. The summed E-state index contributed by atoms with van der Waals surface area (Å²) in [6, 6.07) is 0. The Morgan fingerprint density at radius 3 is 2.75 bits per heavy atom. The normalized spacial score (nSPS) is 25.9. The summed E-state index contributed by atoms with van der Waals surface area (Å²) in [4.78, 5) is 2.49. The van der Waals surface area contributed by atoms with Crippen LogP contribution >= 0.6 is 0 Å². The Kier molecular flexibility index (Phi) is 6.27. The SMILES string of the molecule is COC1(C)CCCN(CCCCC(C)(C)C(N)=NO)C1. The van der Waals surface area contributed by atoms with Crippen molar-refractivity contribution in [2.75, 3.05) is 26.7 Å². The van der Waals surface area contributed by atoms with Crippen molar-refractivity contribution in [3.8, 4) is 0 Å². The highest BCUT2D eigenvalue weighted by molar-refractivity contribution is 5.85. The van der Waals surface area contributed by atoms with Gasteiger partial charge in [-0.15, -0.1) is 0 Å². The van der Waals surface area contributed by atoms with Crippen molar-refractivity contribution in [1.82, 2.24) is 4.90 Å². The number of nitrogens with zero attached hydrogens (tertiary/aromatic N) is 2. The number of hydrogen-bond acceptors (Lipinski definition) is 4. The lowest BCUT2D eigenvalue weighted by atomic mass is 9.86. The molecular formula is C15H31N3O2. The summed E-state index contributed by atoms with van der Waals surface area (Å²) in [7, 11) is 1.81. The molecule has 1 saturated heterocycles. The molecule has 0 bridgehead atoms. The Bertz CT molecular complexity index is 331. The van der Waals surface area contributed by atoms with E-state index in [0.29, 0.717) is 5.84 Å². The molecule has 5 heteroatoms. The molecule has 1 rings (SSSR count). The van der Waals surface area contributed by atoms with Gasteiger partial charge < -0.3 is 20.6 Å². The zero-order valence-corrected chi connectivity index (χ0v) is 13.5. The largest absolute Gasteiger partial charge is 0.409 e. The number of ether oxygens (including phenoxy) is 1. The molecule has 1 aliphatic heterocycles. The van der Waals surface area contributed by atoms with Gasteiger partial charge in [-0.25, -0.2) is 0 Å². The minimum atomic E-state index is -0.225. The fourth-order valence-electron chi connectivity index (χ4n) is 2.83. The minimum absolute atomic E-state index is 0.0193. The van der Waals surface area contributed by atoms with Crippen LogP contribution in [-0.2, 0) is 4.74 Å². The second kappa shape index (κ2) is 7.27. The van der Waals surface area contributed by atoms with Crippen molar-refractivity contribution < 1.29 is 9.94 Å². The highest BCUT2D eigenvalue weighted by atomic mass is 16.5. The molecule has 0 radical (unpaired) electrons. The number of unbranched alkanes of at least 4 members (excludes halogenated alkanes) is 1. The van der Waals surface area contributed by atoms with Gasteiger partial charge in [-0.3, -0.25) is 0 Å². The molecule has 1 aliphatic rings. The molecule has 1 fully saturated rings. The van der Waals surface area contributed by atoms with E-state index in [1.165, 1.54) is 13.0 Å². The van der Waals surface area contributed by atoms with Crippen LogP contribution in [0.1, 0.15) is 52.9 Å². The van der Waals surface area contributed by atoms with Crippen molar-refractivity contribution in [2.24, 2.45) is 16.3 Å². The van der Waals surface area contributed by atoms with Gasteiger partial charge in [0, 0.05) is 19.1 Å². The highest BCUT2D eigenvalue weighted by Gasteiger charge is 2.30. The van der Waals surface area contributed by atoms with E-state index in [2.05, 4.69) is 17.0 Å². The quantitative estimate of drug-likeness (QED) is 0.248. The molecule has 0 aliphatic carbocycles. The first-order valence-electron chi connectivity index (χ1n) is 7.58. The van der Waals surface area contributed by atoms with Crippen molar-refractivity contribution >= 4 is 5.84 Å². The van der Waals surface area contributed by atoms with E-state index in [1.807, 2.05) is 21.0 Å². The summed E-state index contributed by atoms with van der Waals surface area (Å²) >= 11 is 0. The third-order valence-corrected chi connectivity index (χ3v) is 4.56. The molecule has 1 unspecified atom stereocenters. The summed E-state index contributed by atoms with van der Waals surface area (Å²) in [6.45, 7) is 9.53. The molecule has 1 atom stereocenters. The number of hydrogen-bond donors (Lipinski definition) is 2. The number of piperidine rings is 1. The maximum absolute atomic E-state index is 8.76. The fourth-order valence-corrected chi connectivity index (χ4v) is 2.83. The van der Waals surface area contributed by atoms with Gasteiger partial charge in [-0.05, 0) is 45.7 Å². The summed E-state index contributed by atoms with van der Waals surface area (Å²) in [5.74, 6) is 0.322. The zero-order chi connectivity index (χ0) is 15.2. The molecule has 0 aromatic heterocycles. The van der Waals surface area contributed by atoms with Gasteiger partial charge in [0.2, 0.25) is 0 Å². The lowest BCUT2D eigenvalue weighted by Gasteiger charge is -2.39. The number of likely N-dealkylation sites (tertiary alicyclic amines) is 1. The average Bonchev–Trinajstić information content (AvgIpc) is 2.43. The maximum atomic E-state index is 8.76.